The van der Waals surface area contributed by atoms with E-state index in [4.69, 9.17) is 9.15 Å². The predicted octanol–water partition coefficient (Wildman–Crippen LogP) is 2.64. The van der Waals surface area contributed by atoms with Crippen LogP contribution in [0.15, 0.2) is 46.2 Å². The van der Waals surface area contributed by atoms with Gasteiger partial charge in [0.05, 0.1) is 12.6 Å². The highest BCUT2D eigenvalue weighted by Crippen LogP contribution is 2.24. The van der Waals surface area contributed by atoms with E-state index < -0.39 is 10.0 Å². The first-order valence-corrected chi connectivity index (χ1v) is 11.4. The Morgan fingerprint density at radius 2 is 2.00 bits per heavy atom. The van der Waals surface area contributed by atoms with Crippen molar-refractivity contribution in [2.75, 3.05) is 26.2 Å². The summed E-state index contributed by atoms with van der Waals surface area (Å²) in [5.41, 5.74) is 1.11. The summed E-state index contributed by atoms with van der Waals surface area (Å²) >= 11 is 0. The van der Waals surface area contributed by atoms with Gasteiger partial charge in [-0.05, 0) is 49.4 Å². The number of pyridine rings is 1. The SMILES string of the molecule is O=S(=O)(c1ccc(CN(Cc2cccnc2)C[C@H]2CCCO2)o1)N1CCCC1. The van der Waals surface area contributed by atoms with E-state index in [1.807, 2.05) is 18.3 Å². The molecule has 1 atom stereocenters. The number of furan rings is 1. The molecule has 0 bridgehead atoms. The fourth-order valence-corrected chi connectivity index (χ4v) is 5.31. The molecule has 28 heavy (non-hydrogen) atoms. The molecule has 2 aliphatic heterocycles. The monoisotopic (exact) mass is 405 g/mol. The Morgan fingerprint density at radius 1 is 1.14 bits per heavy atom. The van der Waals surface area contributed by atoms with E-state index in [0.29, 0.717) is 31.9 Å². The Hall–Kier alpha value is -1.74. The number of rotatable bonds is 8. The summed E-state index contributed by atoms with van der Waals surface area (Å²) < 4.78 is 38.5. The fourth-order valence-electron chi connectivity index (χ4n) is 3.87. The smallest absolute Gasteiger partial charge is 0.276 e. The van der Waals surface area contributed by atoms with Crippen molar-refractivity contribution in [3.8, 4) is 0 Å². The lowest BCUT2D eigenvalue weighted by molar-refractivity contribution is 0.0649. The van der Waals surface area contributed by atoms with E-state index in [1.54, 1.807) is 18.3 Å². The van der Waals surface area contributed by atoms with Crippen molar-refractivity contribution in [1.82, 2.24) is 14.2 Å². The van der Waals surface area contributed by atoms with E-state index in [-0.39, 0.29) is 11.2 Å². The van der Waals surface area contributed by atoms with Crippen LogP contribution in [0.25, 0.3) is 0 Å². The molecule has 152 valence electrons. The van der Waals surface area contributed by atoms with Crippen molar-refractivity contribution in [3.05, 3.63) is 48.0 Å². The lowest BCUT2D eigenvalue weighted by atomic mass is 10.2. The lowest BCUT2D eigenvalue weighted by Crippen LogP contribution is -2.31. The molecule has 4 heterocycles. The second-order valence-corrected chi connectivity index (χ2v) is 9.37. The summed E-state index contributed by atoms with van der Waals surface area (Å²) in [4.78, 5) is 6.43. The van der Waals surface area contributed by atoms with Gasteiger partial charge in [0.25, 0.3) is 10.0 Å². The fraction of sp³-hybridized carbons (Fsp3) is 0.550. The van der Waals surface area contributed by atoms with E-state index in [9.17, 15) is 8.42 Å². The number of aromatic nitrogens is 1. The van der Waals surface area contributed by atoms with Gasteiger partial charge in [0.15, 0.2) is 0 Å². The first kappa shape index (κ1) is 19.6. The van der Waals surface area contributed by atoms with Gasteiger partial charge >= 0.3 is 0 Å². The van der Waals surface area contributed by atoms with Crippen LogP contribution in [0.5, 0.6) is 0 Å². The molecule has 0 amide bonds. The third-order valence-electron chi connectivity index (χ3n) is 5.29. The quantitative estimate of drug-likeness (QED) is 0.672. The van der Waals surface area contributed by atoms with Crippen molar-refractivity contribution >= 4 is 10.0 Å². The molecule has 2 saturated heterocycles. The van der Waals surface area contributed by atoms with Gasteiger partial charge in [-0.25, -0.2) is 8.42 Å². The Labute approximate surface area is 166 Å². The Kier molecular flexibility index (Phi) is 6.10. The summed E-state index contributed by atoms with van der Waals surface area (Å²) in [7, 11) is -3.52. The normalized spacial score (nSPS) is 21.0. The maximum atomic E-state index is 12.7. The molecule has 0 unspecified atom stereocenters. The molecule has 0 saturated carbocycles. The van der Waals surface area contributed by atoms with Crippen LogP contribution < -0.4 is 0 Å². The van der Waals surface area contributed by atoms with Crippen LogP contribution in [-0.4, -0.2) is 55.0 Å². The zero-order valence-corrected chi connectivity index (χ0v) is 16.8. The lowest BCUT2D eigenvalue weighted by Gasteiger charge is -2.24. The molecule has 2 aromatic heterocycles. The van der Waals surface area contributed by atoms with Gasteiger partial charge in [-0.3, -0.25) is 9.88 Å². The van der Waals surface area contributed by atoms with Gasteiger partial charge in [0.2, 0.25) is 5.09 Å². The van der Waals surface area contributed by atoms with Crippen LogP contribution in [0.4, 0.5) is 0 Å². The molecule has 0 radical (unpaired) electrons. The summed E-state index contributed by atoms with van der Waals surface area (Å²) in [6.45, 7) is 3.98. The second kappa shape index (κ2) is 8.73. The van der Waals surface area contributed by atoms with Crippen LogP contribution in [0, 0.1) is 0 Å². The molecule has 0 N–H and O–H groups in total. The Morgan fingerprint density at radius 3 is 2.71 bits per heavy atom. The van der Waals surface area contributed by atoms with Crippen molar-refractivity contribution in [2.24, 2.45) is 0 Å². The summed E-state index contributed by atoms with van der Waals surface area (Å²) in [5, 5.41) is 0.0443. The summed E-state index contributed by atoms with van der Waals surface area (Å²) in [6.07, 6.45) is 7.78. The Balaban J connectivity index is 1.47. The minimum Gasteiger partial charge on any atom is -0.447 e. The average Bonchev–Trinajstić information content (AvgIpc) is 3.45. The molecule has 0 aliphatic carbocycles. The summed E-state index contributed by atoms with van der Waals surface area (Å²) in [5.74, 6) is 0.652. The maximum absolute atomic E-state index is 12.7. The third-order valence-corrected chi connectivity index (χ3v) is 7.06. The van der Waals surface area contributed by atoms with Crippen LogP contribution in [0.1, 0.15) is 37.0 Å². The first-order valence-electron chi connectivity index (χ1n) is 9.93. The van der Waals surface area contributed by atoms with E-state index in [2.05, 4.69) is 9.88 Å². The number of ether oxygens (including phenoxy) is 1. The van der Waals surface area contributed by atoms with E-state index in [0.717, 1.165) is 44.4 Å². The molecule has 2 fully saturated rings. The predicted molar refractivity (Wildman–Crippen MR) is 104 cm³/mol. The van der Waals surface area contributed by atoms with Crippen molar-refractivity contribution in [2.45, 2.75) is 50.0 Å². The summed E-state index contributed by atoms with van der Waals surface area (Å²) in [6, 6.07) is 7.32. The van der Waals surface area contributed by atoms with Gasteiger partial charge in [-0.15, -0.1) is 0 Å². The molecule has 7 nitrogen and oxygen atoms in total. The zero-order valence-electron chi connectivity index (χ0n) is 16.0. The molecule has 4 rings (SSSR count). The molecular weight excluding hydrogens is 378 g/mol. The highest BCUT2D eigenvalue weighted by atomic mass is 32.2. The number of sulfonamides is 1. The van der Waals surface area contributed by atoms with Crippen LogP contribution >= 0.6 is 0 Å². The first-order chi connectivity index (χ1) is 13.6. The van der Waals surface area contributed by atoms with Gasteiger partial charge in [0.1, 0.15) is 5.76 Å². The van der Waals surface area contributed by atoms with Gasteiger partial charge in [0, 0.05) is 45.2 Å². The van der Waals surface area contributed by atoms with Crippen LogP contribution in [0.2, 0.25) is 0 Å². The minimum absolute atomic E-state index is 0.0443. The standard InChI is InChI=1S/C20H27N3O4S/c24-28(25,23-10-1-2-11-23)20-8-7-19(27-20)16-22(15-18-6-4-12-26-18)14-17-5-3-9-21-13-17/h3,5,7-9,13,18H,1-2,4,6,10-12,14-16H2/t18-/m1/s1. The minimum atomic E-state index is -3.52. The molecule has 2 aliphatic rings. The Bertz CT molecular complexity index is 857. The molecular formula is C20H27N3O4S. The van der Waals surface area contributed by atoms with Gasteiger partial charge < -0.3 is 9.15 Å². The van der Waals surface area contributed by atoms with Crippen LogP contribution in [-0.2, 0) is 27.8 Å². The second-order valence-electron chi connectivity index (χ2n) is 7.50. The molecule has 0 aromatic carbocycles. The largest absolute Gasteiger partial charge is 0.447 e. The van der Waals surface area contributed by atoms with Crippen molar-refractivity contribution < 1.29 is 17.6 Å². The van der Waals surface area contributed by atoms with Gasteiger partial charge in [-0.1, -0.05) is 6.07 Å². The van der Waals surface area contributed by atoms with E-state index in [1.165, 1.54) is 4.31 Å². The van der Waals surface area contributed by atoms with Gasteiger partial charge in [-0.2, -0.15) is 4.31 Å². The maximum Gasteiger partial charge on any atom is 0.276 e. The number of hydrogen-bond acceptors (Lipinski definition) is 6. The highest BCUT2D eigenvalue weighted by Gasteiger charge is 2.30. The third kappa shape index (κ3) is 4.63. The molecule has 8 heteroatoms. The average molecular weight is 406 g/mol. The molecule has 2 aromatic rings. The highest BCUT2D eigenvalue weighted by molar-refractivity contribution is 7.89. The van der Waals surface area contributed by atoms with Crippen LogP contribution in [0.3, 0.4) is 0 Å². The topological polar surface area (TPSA) is 75.9 Å². The van der Waals surface area contributed by atoms with Crippen molar-refractivity contribution in [1.29, 1.82) is 0 Å². The zero-order chi connectivity index (χ0) is 19.4. The number of hydrogen-bond donors (Lipinski definition) is 0. The number of nitrogens with zero attached hydrogens (tertiary/aromatic N) is 3. The van der Waals surface area contributed by atoms with E-state index >= 15 is 0 Å². The molecule has 0 spiro atoms. The van der Waals surface area contributed by atoms with Crippen molar-refractivity contribution in [3.63, 3.8) is 0 Å².